The lowest BCUT2D eigenvalue weighted by Gasteiger charge is -2.62. The van der Waals surface area contributed by atoms with Crippen molar-refractivity contribution >= 4 is 5.97 Å². The molecule has 4 bridgehead atoms. The van der Waals surface area contributed by atoms with Crippen LogP contribution in [0.15, 0.2) is 12.2 Å². The Hall–Kier alpha value is -0.790. The third kappa shape index (κ3) is 1.81. The Labute approximate surface area is 109 Å². The lowest BCUT2D eigenvalue weighted by Crippen LogP contribution is -2.52. The van der Waals surface area contributed by atoms with Gasteiger partial charge in [-0.2, -0.15) is 0 Å². The van der Waals surface area contributed by atoms with E-state index in [0.29, 0.717) is 5.41 Å². The number of carbonyl (C=O) groups is 1. The van der Waals surface area contributed by atoms with Crippen LogP contribution < -0.4 is 0 Å². The summed E-state index contributed by atoms with van der Waals surface area (Å²) < 4.78 is 0. The van der Waals surface area contributed by atoms with Gasteiger partial charge in [0.15, 0.2) is 0 Å². The Kier molecular flexibility index (Phi) is 2.62. The van der Waals surface area contributed by atoms with E-state index in [0.717, 1.165) is 17.8 Å². The molecule has 0 radical (unpaired) electrons. The predicted molar refractivity (Wildman–Crippen MR) is 71.2 cm³/mol. The second-order valence-electron chi connectivity index (χ2n) is 7.59. The first kappa shape index (κ1) is 12.3. The Morgan fingerprint density at radius 3 is 1.94 bits per heavy atom. The molecule has 4 fully saturated rings. The first-order valence-corrected chi connectivity index (χ1v) is 7.32. The molecule has 4 saturated carbocycles. The molecule has 4 aliphatic rings. The van der Waals surface area contributed by atoms with Gasteiger partial charge in [0.1, 0.15) is 0 Å². The highest BCUT2D eigenvalue weighted by Gasteiger charge is 2.56. The molecule has 0 spiro atoms. The van der Waals surface area contributed by atoms with Gasteiger partial charge in [-0.1, -0.05) is 19.9 Å². The number of aliphatic carboxylic acids is 1. The minimum absolute atomic E-state index is 0.0292. The van der Waals surface area contributed by atoms with Gasteiger partial charge in [-0.3, -0.25) is 0 Å². The molecule has 0 aromatic rings. The lowest BCUT2D eigenvalue weighted by atomic mass is 9.43. The van der Waals surface area contributed by atoms with Crippen LogP contribution in [0.4, 0.5) is 0 Å². The fourth-order valence-electron chi connectivity index (χ4n) is 5.36. The van der Waals surface area contributed by atoms with Crippen LogP contribution in [-0.2, 0) is 4.79 Å². The van der Waals surface area contributed by atoms with Crippen molar-refractivity contribution < 1.29 is 9.90 Å². The summed E-state index contributed by atoms with van der Waals surface area (Å²) in [6.07, 6.45) is 11.6. The number of allylic oxidation sites excluding steroid dienone is 1. The molecule has 100 valence electrons. The largest absolute Gasteiger partial charge is 0.478 e. The van der Waals surface area contributed by atoms with E-state index in [1.807, 2.05) is 6.08 Å². The van der Waals surface area contributed by atoms with Crippen molar-refractivity contribution in [2.24, 2.45) is 28.6 Å². The van der Waals surface area contributed by atoms with Crippen molar-refractivity contribution in [3.8, 4) is 0 Å². The topological polar surface area (TPSA) is 37.3 Å². The average molecular weight is 248 g/mol. The van der Waals surface area contributed by atoms with Crippen LogP contribution in [0.3, 0.4) is 0 Å². The van der Waals surface area contributed by atoms with Crippen LogP contribution in [0.5, 0.6) is 0 Å². The van der Waals surface area contributed by atoms with Gasteiger partial charge in [0.25, 0.3) is 0 Å². The number of rotatable bonds is 3. The Morgan fingerprint density at radius 2 is 1.56 bits per heavy atom. The van der Waals surface area contributed by atoms with Crippen LogP contribution in [0.25, 0.3) is 0 Å². The normalized spacial score (nSPS) is 42.7. The van der Waals surface area contributed by atoms with E-state index in [2.05, 4.69) is 13.8 Å². The third-order valence-corrected chi connectivity index (χ3v) is 6.05. The van der Waals surface area contributed by atoms with Gasteiger partial charge < -0.3 is 5.11 Å². The second kappa shape index (κ2) is 3.85. The van der Waals surface area contributed by atoms with E-state index >= 15 is 0 Å². The zero-order valence-corrected chi connectivity index (χ0v) is 11.5. The van der Waals surface area contributed by atoms with Gasteiger partial charge in [-0.15, -0.1) is 0 Å². The summed E-state index contributed by atoms with van der Waals surface area (Å²) in [5.74, 6) is 1.96. The zero-order chi connectivity index (χ0) is 13.0. The van der Waals surface area contributed by atoms with Crippen LogP contribution in [0.2, 0.25) is 0 Å². The molecular formula is C16H24O2. The van der Waals surface area contributed by atoms with Crippen molar-refractivity contribution in [1.82, 2.24) is 0 Å². The zero-order valence-electron chi connectivity index (χ0n) is 11.5. The highest BCUT2D eigenvalue weighted by molar-refractivity contribution is 5.79. The highest BCUT2D eigenvalue weighted by Crippen LogP contribution is 2.66. The number of hydrogen-bond donors (Lipinski definition) is 1. The van der Waals surface area contributed by atoms with Crippen LogP contribution >= 0.6 is 0 Å². The lowest BCUT2D eigenvalue weighted by molar-refractivity contribution is -0.131. The van der Waals surface area contributed by atoms with E-state index in [-0.39, 0.29) is 5.41 Å². The van der Waals surface area contributed by atoms with E-state index in [9.17, 15) is 4.79 Å². The summed E-state index contributed by atoms with van der Waals surface area (Å²) in [7, 11) is 0. The maximum Gasteiger partial charge on any atom is 0.327 e. The van der Waals surface area contributed by atoms with E-state index in [1.165, 1.54) is 44.6 Å². The summed E-state index contributed by atoms with van der Waals surface area (Å²) in [5.41, 5.74) is 0.412. The Morgan fingerprint density at radius 1 is 1.11 bits per heavy atom. The van der Waals surface area contributed by atoms with Crippen molar-refractivity contribution in [3.63, 3.8) is 0 Å². The quantitative estimate of drug-likeness (QED) is 0.770. The molecule has 0 aromatic carbocycles. The maximum atomic E-state index is 10.8. The van der Waals surface area contributed by atoms with E-state index in [1.54, 1.807) is 0 Å². The first-order chi connectivity index (χ1) is 8.40. The summed E-state index contributed by atoms with van der Waals surface area (Å²) in [4.78, 5) is 10.8. The molecule has 0 aromatic heterocycles. The monoisotopic (exact) mass is 248 g/mol. The molecule has 0 atom stereocenters. The van der Waals surface area contributed by atoms with Crippen LogP contribution in [-0.4, -0.2) is 11.1 Å². The predicted octanol–water partition coefficient (Wildman–Crippen LogP) is 3.87. The standard InChI is InChI=1S/C16H24O2/c1-15(2,4-3-14(17)18)16-8-11-5-12(9-16)7-13(6-11)10-16/h3-4,11-13H,5-10H2,1-2H3,(H,17,18)/b4-3+. The minimum Gasteiger partial charge on any atom is -0.478 e. The molecule has 2 nitrogen and oxygen atoms in total. The molecule has 0 saturated heterocycles. The van der Waals surface area contributed by atoms with Crippen molar-refractivity contribution in [2.75, 3.05) is 0 Å². The summed E-state index contributed by atoms with van der Waals surface area (Å²) >= 11 is 0. The molecule has 4 aliphatic carbocycles. The summed E-state index contributed by atoms with van der Waals surface area (Å²) in [5, 5.41) is 8.87. The summed E-state index contributed by atoms with van der Waals surface area (Å²) in [6.45, 7) is 4.50. The molecule has 0 heterocycles. The second-order valence-corrected chi connectivity index (χ2v) is 7.59. The minimum atomic E-state index is -0.812. The molecule has 0 aliphatic heterocycles. The molecule has 1 N–H and O–H groups in total. The molecule has 2 heteroatoms. The molecular weight excluding hydrogens is 224 g/mol. The first-order valence-electron chi connectivity index (χ1n) is 7.32. The third-order valence-electron chi connectivity index (χ3n) is 6.05. The van der Waals surface area contributed by atoms with Gasteiger partial charge in [0, 0.05) is 6.08 Å². The molecule has 0 unspecified atom stereocenters. The van der Waals surface area contributed by atoms with E-state index < -0.39 is 5.97 Å². The smallest absolute Gasteiger partial charge is 0.327 e. The number of carboxylic acids is 1. The fourth-order valence-corrected chi connectivity index (χ4v) is 5.36. The Balaban J connectivity index is 1.88. The average Bonchev–Trinajstić information content (AvgIpc) is 2.24. The number of hydrogen-bond acceptors (Lipinski definition) is 1. The summed E-state index contributed by atoms with van der Waals surface area (Å²) in [6, 6.07) is 0. The van der Waals surface area contributed by atoms with Gasteiger partial charge in [0.2, 0.25) is 0 Å². The maximum absolute atomic E-state index is 10.8. The Bertz CT molecular complexity index is 357. The van der Waals surface area contributed by atoms with Crippen molar-refractivity contribution in [1.29, 1.82) is 0 Å². The van der Waals surface area contributed by atoms with Crippen molar-refractivity contribution in [2.45, 2.75) is 52.4 Å². The molecule has 18 heavy (non-hydrogen) atoms. The van der Waals surface area contributed by atoms with Crippen LogP contribution in [0.1, 0.15) is 52.4 Å². The fraction of sp³-hybridized carbons (Fsp3) is 0.812. The molecule has 0 amide bonds. The van der Waals surface area contributed by atoms with Crippen LogP contribution in [0, 0.1) is 28.6 Å². The highest BCUT2D eigenvalue weighted by atomic mass is 16.4. The van der Waals surface area contributed by atoms with Gasteiger partial charge in [-0.05, 0) is 67.1 Å². The van der Waals surface area contributed by atoms with Gasteiger partial charge in [0.05, 0.1) is 0 Å². The molecule has 4 rings (SSSR count). The SMILES string of the molecule is CC(C)(/C=C/C(=O)O)C12CC3CC(CC(C3)C1)C2. The van der Waals surface area contributed by atoms with Gasteiger partial charge >= 0.3 is 5.97 Å². The van der Waals surface area contributed by atoms with Gasteiger partial charge in [-0.25, -0.2) is 4.79 Å². The van der Waals surface area contributed by atoms with Crippen molar-refractivity contribution in [3.05, 3.63) is 12.2 Å². The number of carboxylic acid groups (broad SMARTS) is 1. The van der Waals surface area contributed by atoms with E-state index in [4.69, 9.17) is 5.11 Å².